The van der Waals surface area contributed by atoms with Crippen molar-refractivity contribution in [2.45, 2.75) is 63.6 Å². The van der Waals surface area contributed by atoms with E-state index in [0.29, 0.717) is 13.0 Å². The normalized spacial score (nSPS) is 20.7. The molecule has 1 heterocycles. The molecule has 0 aromatic heterocycles. The van der Waals surface area contributed by atoms with E-state index in [2.05, 4.69) is 5.32 Å². The largest absolute Gasteiger partial charge is 0.459 e. The van der Waals surface area contributed by atoms with Gasteiger partial charge in [-0.25, -0.2) is 9.59 Å². The summed E-state index contributed by atoms with van der Waals surface area (Å²) in [5.41, 5.74) is 0.907. The van der Waals surface area contributed by atoms with E-state index in [-0.39, 0.29) is 24.4 Å². The maximum Gasteiger partial charge on any atom is 0.407 e. The van der Waals surface area contributed by atoms with Crippen LogP contribution in [0.1, 0.15) is 50.5 Å². The van der Waals surface area contributed by atoms with Gasteiger partial charge in [-0.15, -0.1) is 0 Å². The van der Waals surface area contributed by atoms with E-state index in [1.807, 2.05) is 30.3 Å². The van der Waals surface area contributed by atoms with Crippen LogP contribution in [0.4, 0.5) is 4.79 Å². The van der Waals surface area contributed by atoms with Crippen LogP contribution in [0.5, 0.6) is 0 Å². The third-order valence-electron chi connectivity index (χ3n) is 5.88. The van der Waals surface area contributed by atoms with Gasteiger partial charge in [0.1, 0.15) is 18.7 Å². The van der Waals surface area contributed by atoms with Gasteiger partial charge in [-0.3, -0.25) is 4.79 Å². The zero-order chi connectivity index (χ0) is 20.6. The van der Waals surface area contributed by atoms with Crippen LogP contribution < -0.4 is 5.32 Å². The minimum Gasteiger partial charge on any atom is -0.459 e. The first-order chi connectivity index (χ1) is 14.1. The van der Waals surface area contributed by atoms with Crippen LogP contribution >= 0.6 is 0 Å². The highest BCUT2D eigenvalue weighted by Gasteiger charge is 2.41. The molecule has 1 N–H and O–H groups in total. The molecule has 1 aliphatic carbocycles. The fourth-order valence-corrected chi connectivity index (χ4v) is 4.31. The summed E-state index contributed by atoms with van der Waals surface area (Å²) >= 11 is 0. The highest BCUT2D eigenvalue weighted by atomic mass is 16.5. The SMILES string of the molecule is COC(=O)N[C@@H](C(=O)N1CCCC1C(=O)OCc1ccccc1)C1CCCCC1. The van der Waals surface area contributed by atoms with Gasteiger partial charge >= 0.3 is 12.1 Å². The van der Waals surface area contributed by atoms with Gasteiger partial charge in [0.05, 0.1) is 7.11 Å². The number of carbonyl (C=O) groups is 3. The first-order valence-electron chi connectivity index (χ1n) is 10.5. The molecule has 158 valence electrons. The Hall–Kier alpha value is -2.57. The summed E-state index contributed by atoms with van der Waals surface area (Å²) in [6.45, 7) is 0.681. The molecule has 0 radical (unpaired) electrons. The molecule has 2 atom stereocenters. The minimum atomic E-state index is -0.662. The molecule has 0 bridgehead atoms. The number of esters is 1. The number of nitrogens with one attached hydrogen (secondary N) is 1. The van der Waals surface area contributed by atoms with Crippen LogP contribution in [0.2, 0.25) is 0 Å². The lowest BCUT2D eigenvalue weighted by Gasteiger charge is -2.34. The number of amides is 2. The Morgan fingerprint density at radius 1 is 1.07 bits per heavy atom. The summed E-state index contributed by atoms with van der Waals surface area (Å²) in [6, 6.07) is 8.21. The molecule has 1 aromatic rings. The smallest absolute Gasteiger partial charge is 0.407 e. The van der Waals surface area contributed by atoms with Crippen molar-refractivity contribution in [2.75, 3.05) is 13.7 Å². The fourth-order valence-electron chi connectivity index (χ4n) is 4.31. The monoisotopic (exact) mass is 402 g/mol. The molecule has 1 aliphatic heterocycles. The lowest BCUT2D eigenvalue weighted by molar-refractivity contribution is -0.155. The number of nitrogens with zero attached hydrogens (tertiary/aromatic N) is 1. The maximum atomic E-state index is 13.3. The standard InChI is InChI=1S/C22H30N2O5/c1-28-22(27)23-19(17-11-6-3-7-12-17)20(25)24-14-8-13-18(24)21(26)29-15-16-9-4-2-5-10-16/h2,4-5,9-10,17-19H,3,6-8,11-15H2,1H3,(H,23,27)/t18?,19-/m1/s1. The van der Waals surface area contributed by atoms with Crippen LogP contribution in [-0.4, -0.2) is 48.6 Å². The zero-order valence-electron chi connectivity index (χ0n) is 17.0. The number of hydrogen-bond acceptors (Lipinski definition) is 5. The topological polar surface area (TPSA) is 84.9 Å². The zero-order valence-corrected chi connectivity index (χ0v) is 17.0. The lowest BCUT2D eigenvalue weighted by atomic mass is 9.83. The van der Waals surface area contributed by atoms with Crippen molar-refractivity contribution in [3.63, 3.8) is 0 Å². The number of likely N-dealkylation sites (tertiary alicyclic amines) is 1. The number of rotatable bonds is 6. The molecule has 1 saturated heterocycles. The van der Waals surface area contributed by atoms with Gasteiger partial charge in [-0.1, -0.05) is 49.6 Å². The summed E-state index contributed by atoms with van der Waals surface area (Å²) in [5, 5.41) is 2.73. The molecule has 3 rings (SSSR count). The second kappa shape index (κ2) is 10.3. The molecular formula is C22H30N2O5. The van der Waals surface area contributed by atoms with E-state index in [0.717, 1.165) is 44.1 Å². The Morgan fingerprint density at radius 2 is 1.79 bits per heavy atom. The Kier molecular flexibility index (Phi) is 7.49. The first-order valence-corrected chi connectivity index (χ1v) is 10.5. The van der Waals surface area contributed by atoms with Crippen LogP contribution in [-0.2, 0) is 25.7 Å². The quantitative estimate of drug-likeness (QED) is 0.740. The summed E-state index contributed by atoms with van der Waals surface area (Å²) in [5.74, 6) is -0.529. The second-order valence-corrected chi connectivity index (χ2v) is 7.79. The van der Waals surface area contributed by atoms with Gasteiger partial charge < -0.3 is 19.7 Å². The van der Waals surface area contributed by atoms with Gasteiger partial charge in [0.2, 0.25) is 5.91 Å². The number of carbonyl (C=O) groups excluding carboxylic acids is 3. The molecular weight excluding hydrogens is 372 g/mol. The number of alkyl carbamates (subject to hydrolysis) is 1. The highest BCUT2D eigenvalue weighted by molar-refractivity contribution is 5.90. The van der Waals surface area contributed by atoms with E-state index in [9.17, 15) is 14.4 Å². The van der Waals surface area contributed by atoms with E-state index in [1.165, 1.54) is 7.11 Å². The van der Waals surface area contributed by atoms with Gasteiger partial charge in [0, 0.05) is 6.54 Å². The Bertz CT molecular complexity index is 702. The molecule has 1 unspecified atom stereocenters. The van der Waals surface area contributed by atoms with Gasteiger partial charge in [-0.05, 0) is 37.2 Å². The highest BCUT2D eigenvalue weighted by Crippen LogP contribution is 2.29. The third-order valence-corrected chi connectivity index (χ3v) is 5.88. The minimum absolute atomic E-state index is 0.0666. The van der Waals surface area contributed by atoms with E-state index < -0.39 is 18.2 Å². The number of methoxy groups -OCH3 is 1. The van der Waals surface area contributed by atoms with Crippen LogP contribution in [0.3, 0.4) is 0 Å². The van der Waals surface area contributed by atoms with Gasteiger partial charge in [0.25, 0.3) is 0 Å². The van der Waals surface area contributed by atoms with E-state index in [4.69, 9.17) is 9.47 Å². The number of ether oxygens (including phenoxy) is 2. The second-order valence-electron chi connectivity index (χ2n) is 7.79. The molecule has 29 heavy (non-hydrogen) atoms. The van der Waals surface area contributed by atoms with Crippen molar-refractivity contribution < 1.29 is 23.9 Å². The van der Waals surface area contributed by atoms with Crippen LogP contribution in [0.25, 0.3) is 0 Å². The Labute approximate surface area is 171 Å². The maximum absolute atomic E-state index is 13.3. The predicted octanol–water partition coefficient (Wildman–Crippen LogP) is 3.03. The molecule has 7 heteroatoms. The van der Waals surface area contributed by atoms with Crippen molar-refractivity contribution >= 4 is 18.0 Å². The van der Waals surface area contributed by atoms with Gasteiger partial charge in [0.15, 0.2) is 0 Å². The summed E-state index contributed by atoms with van der Waals surface area (Å²) in [4.78, 5) is 39.5. The van der Waals surface area contributed by atoms with Crippen molar-refractivity contribution in [1.29, 1.82) is 0 Å². The van der Waals surface area contributed by atoms with E-state index in [1.54, 1.807) is 4.90 Å². The molecule has 0 spiro atoms. The molecule has 1 aromatic carbocycles. The average Bonchev–Trinajstić information content (AvgIpc) is 3.26. The fraction of sp³-hybridized carbons (Fsp3) is 0.591. The molecule has 1 saturated carbocycles. The van der Waals surface area contributed by atoms with Crippen LogP contribution in [0, 0.1) is 5.92 Å². The predicted molar refractivity (Wildman–Crippen MR) is 107 cm³/mol. The number of hydrogen-bond donors (Lipinski definition) is 1. The lowest BCUT2D eigenvalue weighted by Crippen LogP contribution is -2.55. The van der Waals surface area contributed by atoms with Crippen molar-refractivity contribution in [1.82, 2.24) is 10.2 Å². The van der Waals surface area contributed by atoms with Crippen molar-refractivity contribution in [3.05, 3.63) is 35.9 Å². The first kappa shape index (κ1) is 21.1. The molecule has 2 aliphatic rings. The molecule has 2 amide bonds. The van der Waals surface area contributed by atoms with Crippen molar-refractivity contribution in [2.24, 2.45) is 5.92 Å². The summed E-state index contributed by atoms with van der Waals surface area (Å²) in [7, 11) is 1.29. The van der Waals surface area contributed by atoms with Crippen LogP contribution in [0.15, 0.2) is 30.3 Å². The average molecular weight is 402 g/mol. The Balaban J connectivity index is 1.66. The molecule has 2 fully saturated rings. The van der Waals surface area contributed by atoms with E-state index >= 15 is 0 Å². The Morgan fingerprint density at radius 3 is 2.48 bits per heavy atom. The molecule has 7 nitrogen and oxygen atoms in total. The van der Waals surface area contributed by atoms with Gasteiger partial charge in [-0.2, -0.15) is 0 Å². The number of benzene rings is 1. The summed E-state index contributed by atoms with van der Waals surface area (Å²) < 4.78 is 10.2. The summed E-state index contributed by atoms with van der Waals surface area (Å²) in [6.07, 6.45) is 5.71. The van der Waals surface area contributed by atoms with Crippen molar-refractivity contribution in [3.8, 4) is 0 Å². The third kappa shape index (κ3) is 5.49.